The van der Waals surface area contributed by atoms with Crippen molar-refractivity contribution in [2.75, 3.05) is 10.8 Å². The first kappa shape index (κ1) is 20.5. The Balaban J connectivity index is 1.85. The number of hydrogen-bond donors (Lipinski definition) is 1. The predicted molar refractivity (Wildman–Crippen MR) is 110 cm³/mol. The van der Waals surface area contributed by atoms with E-state index in [9.17, 15) is 17.6 Å². The Labute approximate surface area is 169 Å². The van der Waals surface area contributed by atoms with Gasteiger partial charge < -0.3 is 5.32 Å². The van der Waals surface area contributed by atoms with Gasteiger partial charge in [0.15, 0.2) is 0 Å². The molecule has 7 heteroatoms. The number of carbonyl (C=O) groups is 1. The zero-order valence-electron chi connectivity index (χ0n) is 15.9. The minimum atomic E-state index is -3.96. The van der Waals surface area contributed by atoms with Gasteiger partial charge in [0.2, 0.25) is 5.91 Å². The van der Waals surface area contributed by atoms with E-state index >= 15 is 0 Å². The van der Waals surface area contributed by atoms with Crippen molar-refractivity contribution in [1.82, 2.24) is 5.32 Å². The Hall–Kier alpha value is -3.19. The van der Waals surface area contributed by atoms with Crippen LogP contribution in [0.25, 0.3) is 0 Å². The summed E-state index contributed by atoms with van der Waals surface area (Å²) >= 11 is 0. The number of nitrogens with one attached hydrogen (secondary N) is 1. The molecule has 0 saturated carbocycles. The standard InChI is InChI=1S/C22H21FN2O3S/c1-17-8-7-12-20(14-17)29(27,28)25(19-10-3-2-4-11-19)16-22(26)24-15-18-9-5-6-13-21(18)23/h2-14H,15-16H2,1H3,(H,24,26). The van der Waals surface area contributed by atoms with Crippen LogP contribution in [0, 0.1) is 12.7 Å². The van der Waals surface area contributed by atoms with Crippen LogP contribution in [0.3, 0.4) is 0 Å². The molecule has 150 valence electrons. The molecular weight excluding hydrogens is 391 g/mol. The number of amides is 1. The van der Waals surface area contributed by atoms with E-state index in [1.807, 2.05) is 0 Å². The van der Waals surface area contributed by atoms with Crippen LogP contribution >= 0.6 is 0 Å². The molecule has 0 fully saturated rings. The average molecular weight is 412 g/mol. The Morgan fingerprint density at radius 2 is 1.66 bits per heavy atom. The number of rotatable bonds is 7. The average Bonchev–Trinajstić information content (AvgIpc) is 2.72. The first-order valence-electron chi connectivity index (χ1n) is 9.02. The maximum Gasteiger partial charge on any atom is 0.264 e. The number of aryl methyl sites for hydroxylation is 1. The third kappa shape index (κ3) is 5.00. The van der Waals surface area contributed by atoms with E-state index in [1.54, 1.807) is 73.7 Å². The molecule has 5 nitrogen and oxygen atoms in total. The van der Waals surface area contributed by atoms with Crippen LogP contribution in [0.1, 0.15) is 11.1 Å². The molecule has 0 bridgehead atoms. The highest BCUT2D eigenvalue weighted by atomic mass is 32.2. The minimum Gasteiger partial charge on any atom is -0.350 e. The smallest absolute Gasteiger partial charge is 0.264 e. The zero-order valence-corrected chi connectivity index (χ0v) is 16.7. The van der Waals surface area contributed by atoms with E-state index in [1.165, 1.54) is 12.1 Å². The second-order valence-electron chi connectivity index (χ2n) is 6.53. The Morgan fingerprint density at radius 3 is 2.34 bits per heavy atom. The van der Waals surface area contributed by atoms with Gasteiger partial charge in [0.05, 0.1) is 10.6 Å². The number of nitrogens with zero attached hydrogens (tertiary/aromatic N) is 1. The Bertz CT molecular complexity index is 1100. The number of benzene rings is 3. The van der Waals surface area contributed by atoms with Gasteiger partial charge in [-0.2, -0.15) is 0 Å². The highest BCUT2D eigenvalue weighted by Crippen LogP contribution is 2.23. The number of para-hydroxylation sites is 1. The first-order chi connectivity index (χ1) is 13.9. The van der Waals surface area contributed by atoms with Gasteiger partial charge in [-0.15, -0.1) is 0 Å². The van der Waals surface area contributed by atoms with Crippen LogP contribution < -0.4 is 9.62 Å². The molecule has 1 amide bonds. The number of anilines is 1. The summed E-state index contributed by atoms with van der Waals surface area (Å²) in [5.74, 6) is -0.964. The third-order valence-electron chi connectivity index (χ3n) is 4.34. The zero-order chi connectivity index (χ0) is 20.9. The van der Waals surface area contributed by atoms with Crippen molar-refractivity contribution in [2.24, 2.45) is 0 Å². The largest absolute Gasteiger partial charge is 0.350 e. The first-order valence-corrected chi connectivity index (χ1v) is 10.5. The molecule has 0 unspecified atom stereocenters. The molecule has 0 aliphatic heterocycles. The fourth-order valence-electron chi connectivity index (χ4n) is 2.83. The SMILES string of the molecule is Cc1cccc(S(=O)(=O)N(CC(=O)NCc2ccccc2F)c2ccccc2)c1. The lowest BCUT2D eigenvalue weighted by molar-refractivity contribution is -0.119. The number of carbonyl (C=O) groups excluding carboxylic acids is 1. The van der Waals surface area contributed by atoms with Gasteiger partial charge in [0.25, 0.3) is 10.0 Å². The molecule has 0 saturated heterocycles. The summed E-state index contributed by atoms with van der Waals surface area (Å²) in [7, 11) is -3.96. The molecule has 0 aliphatic rings. The van der Waals surface area contributed by atoms with Crippen molar-refractivity contribution in [3.05, 3.63) is 95.8 Å². The summed E-state index contributed by atoms with van der Waals surface area (Å²) in [4.78, 5) is 12.6. The van der Waals surface area contributed by atoms with Crippen LogP contribution in [-0.4, -0.2) is 20.9 Å². The second kappa shape index (κ2) is 8.87. The van der Waals surface area contributed by atoms with E-state index < -0.39 is 28.3 Å². The molecule has 1 N–H and O–H groups in total. The maximum absolute atomic E-state index is 13.8. The van der Waals surface area contributed by atoms with Gasteiger partial charge in [-0.05, 0) is 42.8 Å². The molecular formula is C22H21FN2O3S. The van der Waals surface area contributed by atoms with Crippen molar-refractivity contribution < 1.29 is 17.6 Å². The van der Waals surface area contributed by atoms with E-state index in [4.69, 9.17) is 0 Å². The molecule has 3 rings (SSSR count). The molecule has 0 atom stereocenters. The molecule has 3 aromatic rings. The third-order valence-corrected chi connectivity index (χ3v) is 6.11. The summed E-state index contributed by atoms with van der Waals surface area (Å²) in [6.07, 6.45) is 0. The van der Waals surface area contributed by atoms with Crippen molar-refractivity contribution in [2.45, 2.75) is 18.4 Å². The number of hydrogen-bond acceptors (Lipinski definition) is 3. The normalized spacial score (nSPS) is 11.1. The summed E-state index contributed by atoms with van der Waals surface area (Å²) in [5, 5.41) is 2.59. The highest BCUT2D eigenvalue weighted by molar-refractivity contribution is 7.92. The predicted octanol–water partition coefficient (Wildman–Crippen LogP) is 3.65. The van der Waals surface area contributed by atoms with E-state index in [0.717, 1.165) is 9.87 Å². The summed E-state index contributed by atoms with van der Waals surface area (Å²) in [6.45, 7) is 1.35. The van der Waals surface area contributed by atoms with E-state index in [2.05, 4.69) is 5.32 Å². The quantitative estimate of drug-likeness (QED) is 0.644. The minimum absolute atomic E-state index is 0.0291. The van der Waals surface area contributed by atoms with Crippen LogP contribution in [-0.2, 0) is 21.4 Å². The van der Waals surface area contributed by atoms with E-state index in [-0.39, 0.29) is 11.4 Å². The van der Waals surface area contributed by atoms with Gasteiger partial charge in [-0.1, -0.05) is 48.5 Å². The summed E-state index contributed by atoms with van der Waals surface area (Å²) in [6, 6.07) is 21.0. The molecule has 0 radical (unpaired) electrons. The summed E-state index contributed by atoms with van der Waals surface area (Å²) in [5.41, 5.74) is 1.49. The molecule has 3 aromatic carbocycles. The fourth-order valence-corrected chi connectivity index (χ4v) is 4.36. The van der Waals surface area contributed by atoms with Gasteiger partial charge in [0, 0.05) is 12.1 Å². The topological polar surface area (TPSA) is 66.5 Å². The monoisotopic (exact) mass is 412 g/mol. The second-order valence-corrected chi connectivity index (χ2v) is 8.39. The molecule has 0 aliphatic carbocycles. The van der Waals surface area contributed by atoms with E-state index in [0.29, 0.717) is 11.3 Å². The van der Waals surface area contributed by atoms with Crippen LogP contribution in [0.15, 0.2) is 83.8 Å². The van der Waals surface area contributed by atoms with Crippen LogP contribution in [0.2, 0.25) is 0 Å². The van der Waals surface area contributed by atoms with Gasteiger partial charge in [0.1, 0.15) is 12.4 Å². The molecule has 0 spiro atoms. The fraction of sp³-hybridized carbons (Fsp3) is 0.136. The van der Waals surface area contributed by atoms with Gasteiger partial charge in [-0.3, -0.25) is 9.10 Å². The lowest BCUT2D eigenvalue weighted by atomic mass is 10.2. The van der Waals surface area contributed by atoms with Crippen molar-refractivity contribution in [3.63, 3.8) is 0 Å². The van der Waals surface area contributed by atoms with Crippen molar-refractivity contribution in [3.8, 4) is 0 Å². The Morgan fingerprint density at radius 1 is 0.966 bits per heavy atom. The number of sulfonamides is 1. The van der Waals surface area contributed by atoms with Gasteiger partial charge in [-0.25, -0.2) is 12.8 Å². The van der Waals surface area contributed by atoms with Crippen LogP contribution in [0.4, 0.5) is 10.1 Å². The molecule has 29 heavy (non-hydrogen) atoms. The Kier molecular flexibility index (Phi) is 6.29. The lowest BCUT2D eigenvalue weighted by Gasteiger charge is -2.24. The van der Waals surface area contributed by atoms with Crippen molar-refractivity contribution in [1.29, 1.82) is 0 Å². The molecule has 0 heterocycles. The van der Waals surface area contributed by atoms with Gasteiger partial charge >= 0.3 is 0 Å². The maximum atomic E-state index is 13.8. The molecule has 0 aromatic heterocycles. The summed E-state index contributed by atoms with van der Waals surface area (Å²) < 4.78 is 41.3. The number of halogens is 1. The van der Waals surface area contributed by atoms with Crippen molar-refractivity contribution >= 4 is 21.6 Å². The highest BCUT2D eigenvalue weighted by Gasteiger charge is 2.27. The van der Waals surface area contributed by atoms with Crippen LogP contribution in [0.5, 0.6) is 0 Å². The lowest BCUT2D eigenvalue weighted by Crippen LogP contribution is -2.40.